The van der Waals surface area contributed by atoms with E-state index in [2.05, 4.69) is 5.32 Å². The Balaban J connectivity index is 2.47. The Kier molecular flexibility index (Phi) is 4.74. The fourth-order valence-corrected chi connectivity index (χ4v) is 1.84. The minimum atomic E-state index is -1.07. The molecule has 0 radical (unpaired) electrons. The molecule has 2 atom stereocenters. The Bertz CT molecular complexity index is 293. The van der Waals surface area contributed by atoms with Gasteiger partial charge in [0.25, 0.3) is 0 Å². The Morgan fingerprint density at radius 2 is 2.12 bits per heavy atom. The summed E-state index contributed by atoms with van der Waals surface area (Å²) in [6.45, 7) is 4.71. The molecule has 1 aliphatic rings. The quantitative estimate of drug-likeness (QED) is 0.661. The first kappa shape index (κ1) is 13.8. The van der Waals surface area contributed by atoms with Crippen LogP contribution in [0.1, 0.15) is 26.7 Å². The molecule has 2 amide bonds. The van der Waals surface area contributed by atoms with E-state index in [-0.39, 0.29) is 13.0 Å². The molecule has 0 bridgehead atoms. The van der Waals surface area contributed by atoms with Gasteiger partial charge in [0.2, 0.25) is 0 Å². The van der Waals surface area contributed by atoms with Gasteiger partial charge in [0.05, 0.1) is 6.10 Å². The minimum Gasteiger partial charge on any atom is -0.480 e. The van der Waals surface area contributed by atoms with Gasteiger partial charge in [-0.3, -0.25) is 0 Å². The number of nitrogens with one attached hydrogen (secondary N) is 1. The summed E-state index contributed by atoms with van der Waals surface area (Å²) in [5.74, 6) is -0.588. The molecule has 3 N–H and O–H groups in total. The average Bonchev–Trinajstić information content (AvgIpc) is 2.59. The number of carboxylic acids is 1. The van der Waals surface area contributed by atoms with Crippen LogP contribution in [-0.4, -0.2) is 52.3 Å². The first-order chi connectivity index (χ1) is 7.91. The van der Waals surface area contributed by atoms with E-state index in [0.29, 0.717) is 12.5 Å². The molecule has 0 unspecified atom stereocenters. The molecule has 6 nitrogen and oxygen atoms in total. The average molecular weight is 244 g/mol. The number of carboxylic acid groups (broad SMARTS) is 1. The molecule has 6 heteroatoms. The zero-order valence-corrected chi connectivity index (χ0v) is 10.2. The number of amides is 2. The van der Waals surface area contributed by atoms with Crippen LogP contribution >= 0.6 is 0 Å². The number of carbonyl (C=O) groups excluding carboxylic acids is 1. The molecule has 0 spiro atoms. The molecule has 0 saturated carbocycles. The lowest BCUT2D eigenvalue weighted by atomic mass is 10.1. The van der Waals surface area contributed by atoms with Crippen molar-refractivity contribution in [1.82, 2.24) is 10.2 Å². The summed E-state index contributed by atoms with van der Waals surface area (Å²) in [6.07, 6.45) is 0.208. The molecular weight excluding hydrogens is 224 g/mol. The summed E-state index contributed by atoms with van der Waals surface area (Å²) in [5, 5.41) is 21.0. The van der Waals surface area contributed by atoms with Crippen molar-refractivity contribution in [2.45, 2.75) is 38.8 Å². The van der Waals surface area contributed by atoms with E-state index in [1.54, 1.807) is 0 Å². The molecule has 1 fully saturated rings. The second-order valence-corrected chi connectivity index (χ2v) is 4.81. The van der Waals surface area contributed by atoms with Crippen molar-refractivity contribution in [2.75, 3.05) is 13.1 Å². The predicted octanol–water partition coefficient (Wildman–Crippen LogP) is 0.262. The van der Waals surface area contributed by atoms with Crippen LogP contribution in [0.15, 0.2) is 0 Å². The van der Waals surface area contributed by atoms with Crippen molar-refractivity contribution >= 4 is 12.0 Å². The summed E-state index contributed by atoms with van der Waals surface area (Å²) in [6, 6.07) is -1.32. The lowest BCUT2D eigenvalue weighted by Crippen LogP contribution is -2.46. The van der Waals surface area contributed by atoms with Gasteiger partial charge in [0.1, 0.15) is 6.04 Å². The van der Waals surface area contributed by atoms with E-state index in [4.69, 9.17) is 5.11 Å². The van der Waals surface area contributed by atoms with Gasteiger partial charge in [-0.2, -0.15) is 0 Å². The number of nitrogens with zero attached hydrogens (tertiary/aromatic N) is 1. The number of aliphatic hydroxyl groups excluding tert-OH is 1. The summed E-state index contributed by atoms with van der Waals surface area (Å²) < 4.78 is 0. The number of hydrogen-bond acceptors (Lipinski definition) is 3. The fourth-order valence-electron chi connectivity index (χ4n) is 1.84. The van der Waals surface area contributed by atoms with Crippen LogP contribution < -0.4 is 5.32 Å². The summed E-state index contributed by atoms with van der Waals surface area (Å²) in [7, 11) is 0. The van der Waals surface area contributed by atoms with Gasteiger partial charge in [0, 0.05) is 19.5 Å². The number of likely N-dealkylation sites (tertiary alicyclic amines) is 1. The van der Waals surface area contributed by atoms with Crippen molar-refractivity contribution < 1.29 is 19.8 Å². The van der Waals surface area contributed by atoms with Crippen molar-refractivity contribution in [3.8, 4) is 0 Å². The van der Waals surface area contributed by atoms with Crippen molar-refractivity contribution in [1.29, 1.82) is 0 Å². The smallest absolute Gasteiger partial charge is 0.326 e. The molecule has 1 heterocycles. The number of β-amino-alcohol motifs (C(OH)–C–C–N with tert-alkyl or cyclic N) is 1. The number of aliphatic carboxylic acids is 1. The lowest BCUT2D eigenvalue weighted by Gasteiger charge is -2.21. The van der Waals surface area contributed by atoms with E-state index in [0.717, 1.165) is 6.42 Å². The van der Waals surface area contributed by atoms with Crippen LogP contribution in [0, 0.1) is 5.92 Å². The van der Waals surface area contributed by atoms with Gasteiger partial charge < -0.3 is 20.4 Å². The molecule has 17 heavy (non-hydrogen) atoms. The van der Waals surface area contributed by atoms with Crippen LogP contribution in [0.2, 0.25) is 0 Å². The molecule has 0 aromatic carbocycles. The number of aliphatic hydroxyl groups is 1. The Hall–Kier alpha value is -1.30. The van der Waals surface area contributed by atoms with Gasteiger partial charge in [-0.1, -0.05) is 13.8 Å². The van der Waals surface area contributed by atoms with E-state index in [1.807, 2.05) is 13.8 Å². The maximum absolute atomic E-state index is 11.7. The van der Waals surface area contributed by atoms with Crippen LogP contribution in [0.4, 0.5) is 4.79 Å². The summed E-state index contributed by atoms with van der Waals surface area (Å²) >= 11 is 0. The third-order valence-corrected chi connectivity index (χ3v) is 2.82. The summed E-state index contributed by atoms with van der Waals surface area (Å²) in [5.41, 5.74) is 0. The van der Waals surface area contributed by atoms with Crippen molar-refractivity contribution in [3.63, 3.8) is 0 Å². The second-order valence-electron chi connectivity index (χ2n) is 4.81. The van der Waals surface area contributed by atoms with E-state index >= 15 is 0 Å². The highest BCUT2D eigenvalue weighted by atomic mass is 16.4. The van der Waals surface area contributed by atoms with Gasteiger partial charge in [-0.15, -0.1) is 0 Å². The topological polar surface area (TPSA) is 89.9 Å². The van der Waals surface area contributed by atoms with Gasteiger partial charge in [0.15, 0.2) is 0 Å². The molecule has 0 aromatic heterocycles. The Morgan fingerprint density at radius 1 is 1.47 bits per heavy atom. The highest BCUT2D eigenvalue weighted by Crippen LogP contribution is 2.18. The van der Waals surface area contributed by atoms with Gasteiger partial charge in [-0.05, 0) is 12.3 Å². The third-order valence-electron chi connectivity index (χ3n) is 2.82. The Morgan fingerprint density at radius 3 is 2.65 bits per heavy atom. The minimum absolute atomic E-state index is 0.0878. The van der Waals surface area contributed by atoms with E-state index < -0.39 is 24.1 Å². The van der Waals surface area contributed by atoms with Crippen molar-refractivity contribution in [3.05, 3.63) is 0 Å². The zero-order chi connectivity index (χ0) is 13.0. The zero-order valence-electron chi connectivity index (χ0n) is 10.2. The number of carbonyl (C=O) groups is 2. The molecular formula is C11H20N2O4. The lowest BCUT2D eigenvalue weighted by molar-refractivity contribution is -0.141. The first-order valence-electron chi connectivity index (χ1n) is 5.87. The molecule has 0 aromatic rings. The molecule has 1 aliphatic heterocycles. The van der Waals surface area contributed by atoms with Crippen LogP contribution in [-0.2, 0) is 4.79 Å². The third kappa shape index (κ3) is 3.89. The maximum atomic E-state index is 11.7. The molecule has 98 valence electrons. The molecule has 1 rings (SSSR count). The SMILES string of the molecule is CC(C)CCNC(=O)N1C[C@H](O)C[C@@H]1C(=O)O. The first-order valence-corrected chi connectivity index (χ1v) is 5.87. The van der Waals surface area contributed by atoms with E-state index in [9.17, 15) is 14.7 Å². The standard InChI is InChI=1S/C11H20N2O4/c1-7(2)3-4-12-11(17)13-6-8(14)5-9(13)10(15)16/h7-9,14H,3-6H2,1-2H3,(H,12,17)(H,15,16)/t8-,9-/m1/s1. The van der Waals surface area contributed by atoms with Gasteiger partial charge >= 0.3 is 12.0 Å². The van der Waals surface area contributed by atoms with Crippen LogP contribution in [0.3, 0.4) is 0 Å². The van der Waals surface area contributed by atoms with Crippen molar-refractivity contribution in [2.24, 2.45) is 5.92 Å². The number of urea groups is 1. The fraction of sp³-hybridized carbons (Fsp3) is 0.818. The number of hydrogen-bond donors (Lipinski definition) is 3. The summed E-state index contributed by atoms with van der Waals surface area (Å²) in [4.78, 5) is 23.8. The highest BCUT2D eigenvalue weighted by Gasteiger charge is 2.38. The van der Waals surface area contributed by atoms with Gasteiger partial charge in [-0.25, -0.2) is 9.59 Å². The predicted molar refractivity (Wildman–Crippen MR) is 61.6 cm³/mol. The largest absolute Gasteiger partial charge is 0.480 e. The second kappa shape index (κ2) is 5.86. The number of rotatable bonds is 4. The highest BCUT2D eigenvalue weighted by molar-refractivity contribution is 5.83. The normalized spacial score (nSPS) is 24.1. The molecule has 0 aliphatic carbocycles. The van der Waals surface area contributed by atoms with Crippen LogP contribution in [0.25, 0.3) is 0 Å². The Labute approximate surface area is 101 Å². The maximum Gasteiger partial charge on any atom is 0.326 e. The van der Waals surface area contributed by atoms with Crippen LogP contribution in [0.5, 0.6) is 0 Å². The molecule has 1 saturated heterocycles. The van der Waals surface area contributed by atoms with E-state index in [1.165, 1.54) is 4.90 Å². The monoisotopic (exact) mass is 244 g/mol.